The lowest BCUT2D eigenvalue weighted by Gasteiger charge is -2.03. The first-order chi connectivity index (χ1) is 6.72. The smallest absolute Gasteiger partial charge is 0.124 e. The van der Waals surface area contributed by atoms with Crippen molar-refractivity contribution in [2.45, 2.75) is 0 Å². The maximum absolute atomic E-state index is 8.36. The molecule has 0 saturated carbocycles. The summed E-state index contributed by atoms with van der Waals surface area (Å²) in [6, 6.07) is 9.00. The minimum absolute atomic E-state index is 0.212. The van der Waals surface area contributed by atoms with Crippen molar-refractivity contribution >= 4 is 17.3 Å². The van der Waals surface area contributed by atoms with E-state index < -0.39 is 0 Å². The Morgan fingerprint density at radius 2 is 2.36 bits per heavy atom. The standard InChI is InChI=1S/C9H9ClN4/c1-14(6-5-11)13-12-9-4-2-3-8(10)7-9/h2-4,7H,6H2,1H3. The fourth-order valence-corrected chi connectivity index (χ4v) is 0.985. The molecule has 0 aliphatic carbocycles. The van der Waals surface area contributed by atoms with Gasteiger partial charge in [-0.15, -0.1) is 5.11 Å². The van der Waals surface area contributed by atoms with Crippen LogP contribution in [0.4, 0.5) is 5.69 Å². The molecule has 0 heterocycles. The fraction of sp³-hybridized carbons (Fsp3) is 0.222. The first kappa shape index (κ1) is 10.5. The van der Waals surface area contributed by atoms with E-state index in [1.165, 1.54) is 5.01 Å². The van der Waals surface area contributed by atoms with Crippen LogP contribution >= 0.6 is 11.6 Å². The van der Waals surface area contributed by atoms with Gasteiger partial charge >= 0.3 is 0 Å². The molecule has 5 heteroatoms. The molecule has 0 aromatic heterocycles. The van der Waals surface area contributed by atoms with Gasteiger partial charge in [-0.1, -0.05) is 22.9 Å². The van der Waals surface area contributed by atoms with Crippen molar-refractivity contribution in [3.05, 3.63) is 29.3 Å². The van der Waals surface area contributed by atoms with Gasteiger partial charge in [0.2, 0.25) is 0 Å². The van der Waals surface area contributed by atoms with Gasteiger partial charge in [0, 0.05) is 12.1 Å². The minimum Gasteiger partial charge on any atom is -0.267 e. The van der Waals surface area contributed by atoms with Crippen molar-refractivity contribution in [1.82, 2.24) is 5.01 Å². The highest BCUT2D eigenvalue weighted by molar-refractivity contribution is 6.30. The summed E-state index contributed by atoms with van der Waals surface area (Å²) < 4.78 is 0. The maximum atomic E-state index is 8.36. The molecule has 0 bridgehead atoms. The van der Waals surface area contributed by atoms with E-state index in [2.05, 4.69) is 10.3 Å². The van der Waals surface area contributed by atoms with E-state index >= 15 is 0 Å². The number of rotatable bonds is 3. The minimum atomic E-state index is 0.212. The van der Waals surface area contributed by atoms with Gasteiger partial charge in [0.05, 0.1) is 11.8 Å². The lowest BCUT2D eigenvalue weighted by Crippen LogP contribution is -2.09. The Balaban J connectivity index is 2.65. The molecule has 4 nitrogen and oxygen atoms in total. The summed E-state index contributed by atoms with van der Waals surface area (Å²) in [4.78, 5) is 0. The third-order valence-electron chi connectivity index (χ3n) is 1.42. The Morgan fingerprint density at radius 1 is 1.57 bits per heavy atom. The predicted molar refractivity (Wildman–Crippen MR) is 54.2 cm³/mol. The van der Waals surface area contributed by atoms with Crippen LogP contribution in [-0.2, 0) is 0 Å². The highest BCUT2D eigenvalue weighted by Crippen LogP contribution is 2.17. The summed E-state index contributed by atoms with van der Waals surface area (Å²) in [6.45, 7) is 0.212. The van der Waals surface area contributed by atoms with Crippen LogP contribution < -0.4 is 0 Å². The molecular formula is C9H9ClN4. The van der Waals surface area contributed by atoms with Crippen molar-refractivity contribution in [3.8, 4) is 6.07 Å². The Bertz CT molecular complexity index is 369. The average Bonchev–Trinajstić information content (AvgIpc) is 2.15. The van der Waals surface area contributed by atoms with Crippen LogP contribution in [0.25, 0.3) is 0 Å². The van der Waals surface area contributed by atoms with Gasteiger partial charge in [-0.2, -0.15) is 5.26 Å². The van der Waals surface area contributed by atoms with Crippen molar-refractivity contribution < 1.29 is 0 Å². The van der Waals surface area contributed by atoms with Crippen molar-refractivity contribution in [2.24, 2.45) is 10.3 Å². The first-order valence-corrected chi connectivity index (χ1v) is 4.35. The predicted octanol–water partition coefficient (Wildman–Crippen LogP) is 2.79. The van der Waals surface area contributed by atoms with Gasteiger partial charge in [0.25, 0.3) is 0 Å². The molecule has 0 N–H and O–H groups in total. The summed E-state index contributed by atoms with van der Waals surface area (Å²) in [7, 11) is 1.68. The fourth-order valence-electron chi connectivity index (χ4n) is 0.800. The number of halogens is 1. The first-order valence-electron chi connectivity index (χ1n) is 3.97. The van der Waals surface area contributed by atoms with E-state index in [1.807, 2.05) is 6.07 Å². The molecule has 0 atom stereocenters. The monoisotopic (exact) mass is 208 g/mol. The highest BCUT2D eigenvalue weighted by atomic mass is 35.5. The number of nitriles is 1. The summed E-state index contributed by atoms with van der Waals surface area (Å²) >= 11 is 5.75. The number of hydrogen-bond acceptors (Lipinski definition) is 3. The summed E-state index contributed by atoms with van der Waals surface area (Å²) in [5, 5.41) is 18.1. The van der Waals surface area contributed by atoms with Crippen molar-refractivity contribution in [1.29, 1.82) is 5.26 Å². The largest absolute Gasteiger partial charge is 0.267 e. The average molecular weight is 209 g/mol. The van der Waals surface area contributed by atoms with E-state index in [9.17, 15) is 0 Å². The molecule has 0 aliphatic heterocycles. The molecular weight excluding hydrogens is 200 g/mol. The summed E-state index contributed by atoms with van der Waals surface area (Å²) in [5.41, 5.74) is 0.669. The lowest BCUT2D eigenvalue weighted by atomic mass is 10.3. The second-order valence-corrected chi connectivity index (χ2v) is 3.08. The molecule has 0 aliphatic rings. The maximum Gasteiger partial charge on any atom is 0.124 e. The molecule has 0 saturated heterocycles. The lowest BCUT2D eigenvalue weighted by molar-refractivity contribution is 0.373. The molecule has 72 valence electrons. The van der Waals surface area contributed by atoms with E-state index in [-0.39, 0.29) is 6.54 Å². The van der Waals surface area contributed by atoms with Gasteiger partial charge in [-0.05, 0) is 18.2 Å². The Labute approximate surface area is 87.4 Å². The van der Waals surface area contributed by atoms with Crippen LogP contribution in [0, 0.1) is 11.3 Å². The molecule has 0 amide bonds. The Kier molecular flexibility index (Phi) is 3.89. The Morgan fingerprint density at radius 3 is 3.00 bits per heavy atom. The van der Waals surface area contributed by atoms with Crippen LogP contribution in [0.1, 0.15) is 0 Å². The molecule has 1 aromatic carbocycles. The van der Waals surface area contributed by atoms with E-state index in [0.29, 0.717) is 10.7 Å². The number of nitrogens with zero attached hydrogens (tertiary/aromatic N) is 4. The van der Waals surface area contributed by atoms with Gasteiger partial charge < -0.3 is 0 Å². The van der Waals surface area contributed by atoms with E-state index in [0.717, 1.165) is 0 Å². The molecule has 14 heavy (non-hydrogen) atoms. The normalized spacial score (nSPS) is 10.1. The molecule has 0 spiro atoms. The van der Waals surface area contributed by atoms with Gasteiger partial charge in [-0.25, -0.2) is 0 Å². The number of hydrogen-bond donors (Lipinski definition) is 0. The highest BCUT2D eigenvalue weighted by Gasteiger charge is 1.92. The van der Waals surface area contributed by atoms with Crippen molar-refractivity contribution in [3.63, 3.8) is 0 Å². The molecule has 0 fully saturated rings. The summed E-state index contributed by atoms with van der Waals surface area (Å²) in [6.07, 6.45) is 0. The topological polar surface area (TPSA) is 51.8 Å². The molecule has 1 rings (SSSR count). The van der Waals surface area contributed by atoms with E-state index in [4.69, 9.17) is 16.9 Å². The molecule has 0 unspecified atom stereocenters. The molecule has 0 radical (unpaired) electrons. The van der Waals surface area contributed by atoms with Crippen LogP contribution in [0.5, 0.6) is 0 Å². The second kappa shape index (κ2) is 5.20. The molecule has 1 aromatic rings. The van der Waals surface area contributed by atoms with Crippen LogP contribution in [-0.4, -0.2) is 18.6 Å². The Hall–Kier alpha value is -1.60. The van der Waals surface area contributed by atoms with E-state index in [1.54, 1.807) is 31.3 Å². The summed E-state index contributed by atoms with van der Waals surface area (Å²) in [5.74, 6) is 0. The van der Waals surface area contributed by atoms with Crippen molar-refractivity contribution in [2.75, 3.05) is 13.6 Å². The van der Waals surface area contributed by atoms with Crippen LogP contribution in [0.3, 0.4) is 0 Å². The third kappa shape index (κ3) is 3.42. The quantitative estimate of drug-likeness (QED) is 0.436. The van der Waals surface area contributed by atoms with Gasteiger partial charge in [0.1, 0.15) is 6.54 Å². The zero-order chi connectivity index (χ0) is 10.4. The zero-order valence-electron chi connectivity index (χ0n) is 7.68. The zero-order valence-corrected chi connectivity index (χ0v) is 8.44. The van der Waals surface area contributed by atoms with Crippen LogP contribution in [0.15, 0.2) is 34.6 Å². The van der Waals surface area contributed by atoms with Crippen LogP contribution in [0.2, 0.25) is 5.02 Å². The van der Waals surface area contributed by atoms with Gasteiger partial charge in [-0.3, -0.25) is 5.01 Å². The SMILES string of the molecule is CN(CC#N)N=Nc1cccc(Cl)c1. The van der Waals surface area contributed by atoms with Gasteiger partial charge in [0.15, 0.2) is 0 Å². The second-order valence-electron chi connectivity index (χ2n) is 2.64. The third-order valence-corrected chi connectivity index (χ3v) is 1.66. The number of benzene rings is 1.